The lowest BCUT2D eigenvalue weighted by molar-refractivity contribution is 0.317. The Labute approximate surface area is 183 Å². The van der Waals surface area contributed by atoms with Gasteiger partial charge in [0.15, 0.2) is 5.96 Å². The highest BCUT2D eigenvalue weighted by atomic mass is 127. The van der Waals surface area contributed by atoms with E-state index < -0.39 is 0 Å². The number of para-hydroxylation sites is 1. The summed E-state index contributed by atoms with van der Waals surface area (Å²) in [5.41, 5.74) is 1.28. The number of anilines is 1. The first-order valence-corrected chi connectivity index (χ1v) is 10.2. The predicted molar refractivity (Wildman–Crippen MR) is 125 cm³/mol. The van der Waals surface area contributed by atoms with Gasteiger partial charge in [-0.15, -0.1) is 24.0 Å². The molecule has 2 fully saturated rings. The number of halogens is 2. The number of benzene rings is 1. The number of likely N-dealkylation sites (tertiary alicyclic amines) is 1. The van der Waals surface area contributed by atoms with Gasteiger partial charge in [0, 0.05) is 36.2 Å². The van der Waals surface area contributed by atoms with Crippen LogP contribution in [0.5, 0.6) is 0 Å². The van der Waals surface area contributed by atoms with E-state index in [9.17, 15) is 0 Å². The number of guanidine groups is 1. The minimum atomic E-state index is 0. The van der Waals surface area contributed by atoms with Crippen molar-refractivity contribution in [3.8, 4) is 0 Å². The molecule has 0 aliphatic carbocycles. The van der Waals surface area contributed by atoms with E-state index in [0.717, 1.165) is 38.6 Å². The van der Waals surface area contributed by atoms with Gasteiger partial charge in [0.05, 0.1) is 12.2 Å². The van der Waals surface area contributed by atoms with Crippen LogP contribution >= 0.6 is 39.9 Å². The molecule has 1 aromatic rings. The van der Waals surface area contributed by atoms with E-state index in [1.54, 1.807) is 0 Å². The van der Waals surface area contributed by atoms with E-state index in [1.165, 1.54) is 29.5 Å². The molecule has 146 valence electrons. The van der Waals surface area contributed by atoms with Crippen molar-refractivity contribution >= 4 is 51.6 Å². The number of nitrogens with zero attached hydrogens (tertiary/aromatic N) is 3. The Hall–Kier alpha value is -0.540. The van der Waals surface area contributed by atoms with Crippen LogP contribution in [-0.2, 0) is 0 Å². The average molecular weight is 536 g/mol. The summed E-state index contributed by atoms with van der Waals surface area (Å²) in [7, 11) is 2.21. The quantitative estimate of drug-likeness (QED) is 0.345. The SMILES string of the molecule is CCNC(=NCC1CCCN1C)NC1CCN(c2ccccc2Br)C1.I. The topological polar surface area (TPSA) is 42.9 Å². The molecule has 7 heteroatoms. The lowest BCUT2D eigenvalue weighted by Crippen LogP contribution is -2.45. The molecule has 2 heterocycles. The zero-order valence-electron chi connectivity index (χ0n) is 15.7. The Kier molecular flexibility index (Phi) is 8.96. The zero-order valence-corrected chi connectivity index (χ0v) is 19.7. The third-order valence-electron chi connectivity index (χ3n) is 5.20. The second-order valence-corrected chi connectivity index (χ2v) is 7.88. The fourth-order valence-electron chi connectivity index (χ4n) is 3.73. The first-order valence-electron chi connectivity index (χ1n) is 9.42. The smallest absolute Gasteiger partial charge is 0.191 e. The number of aliphatic imine (C=N–C) groups is 1. The Morgan fingerprint density at radius 3 is 2.77 bits per heavy atom. The van der Waals surface area contributed by atoms with E-state index in [0.29, 0.717) is 12.1 Å². The van der Waals surface area contributed by atoms with Crippen molar-refractivity contribution < 1.29 is 0 Å². The number of hydrogen-bond donors (Lipinski definition) is 2. The van der Waals surface area contributed by atoms with Gasteiger partial charge in [-0.3, -0.25) is 4.99 Å². The van der Waals surface area contributed by atoms with Gasteiger partial charge in [0.1, 0.15) is 0 Å². The van der Waals surface area contributed by atoms with Crippen molar-refractivity contribution in [3.63, 3.8) is 0 Å². The van der Waals surface area contributed by atoms with E-state index in [1.807, 2.05) is 0 Å². The molecule has 3 rings (SSSR count). The van der Waals surface area contributed by atoms with E-state index in [-0.39, 0.29) is 24.0 Å². The molecule has 2 aliphatic rings. The molecule has 2 N–H and O–H groups in total. The van der Waals surface area contributed by atoms with Crippen molar-refractivity contribution in [2.45, 2.75) is 38.3 Å². The molecule has 2 atom stereocenters. The number of rotatable bonds is 5. The van der Waals surface area contributed by atoms with Crippen molar-refractivity contribution in [1.82, 2.24) is 15.5 Å². The highest BCUT2D eigenvalue weighted by Gasteiger charge is 2.25. The molecule has 2 aliphatic heterocycles. The second-order valence-electron chi connectivity index (χ2n) is 7.02. The van der Waals surface area contributed by atoms with Crippen LogP contribution in [0.1, 0.15) is 26.2 Å². The van der Waals surface area contributed by atoms with Crippen LogP contribution in [-0.4, -0.2) is 62.7 Å². The standard InChI is InChI=1S/C19H30BrN5.HI/c1-3-21-19(22-13-16-7-6-11-24(16)2)23-15-10-12-25(14-15)18-9-5-4-8-17(18)20;/h4-5,8-9,15-16H,3,6-7,10-14H2,1-2H3,(H2,21,22,23);1H. The molecule has 0 bridgehead atoms. The Morgan fingerprint density at radius 2 is 2.08 bits per heavy atom. The Balaban J connectivity index is 0.00000243. The summed E-state index contributed by atoms with van der Waals surface area (Å²) in [4.78, 5) is 9.72. The molecule has 26 heavy (non-hydrogen) atoms. The van der Waals surface area contributed by atoms with Crippen LogP contribution in [0.25, 0.3) is 0 Å². The molecule has 2 unspecified atom stereocenters. The highest BCUT2D eigenvalue weighted by Crippen LogP contribution is 2.28. The highest BCUT2D eigenvalue weighted by molar-refractivity contribution is 14.0. The van der Waals surface area contributed by atoms with Gasteiger partial charge < -0.3 is 20.4 Å². The van der Waals surface area contributed by atoms with Gasteiger partial charge >= 0.3 is 0 Å². The molecule has 5 nitrogen and oxygen atoms in total. The second kappa shape index (κ2) is 10.7. The van der Waals surface area contributed by atoms with Gasteiger partial charge in [-0.25, -0.2) is 0 Å². The van der Waals surface area contributed by atoms with Crippen LogP contribution in [0, 0.1) is 0 Å². The number of likely N-dealkylation sites (N-methyl/N-ethyl adjacent to an activating group) is 1. The third-order valence-corrected chi connectivity index (χ3v) is 5.87. The number of hydrogen-bond acceptors (Lipinski definition) is 3. The van der Waals surface area contributed by atoms with Crippen molar-refractivity contribution in [3.05, 3.63) is 28.7 Å². The fraction of sp³-hybridized carbons (Fsp3) is 0.632. The van der Waals surface area contributed by atoms with Crippen LogP contribution in [0.15, 0.2) is 33.7 Å². The molecule has 0 saturated carbocycles. The molecule has 0 spiro atoms. The molecule has 1 aromatic carbocycles. The van der Waals surface area contributed by atoms with E-state index >= 15 is 0 Å². The molecular formula is C19H31BrIN5. The van der Waals surface area contributed by atoms with Crippen LogP contribution in [0.2, 0.25) is 0 Å². The zero-order chi connectivity index (χ0) is 17.6. The van der Waals surface area contributed by atoms with Crippen LogP contribution < -0.4 is 15.5 Å². The van der Waals surface area contributed by atoms with Crippen LogP contribution in [0.4, 0.5) is 5.69 Å². The monoisotopic (exact) mass is 535 g/mol. The molecule has 0 radical (unpaired) electrons. The van der Waals surface area contributed by atoms with Gasteiger partial charge in [-0.2, -0.15) is 0 Å². The maximum Gasteiger partial charge on any atom is 0.191 e. The molecule has 2 saturated heterocycles. The van der Waals surface area contributed by atoms with E-state index in [2.05, 4.69) is 74.6 Å². The third kappa shape index (κ3) is 5.73. The molecular weight excluding hydrogens is 505 g/mol. The summed E-state index contributed by atoms with van der Waals surface area (Å²) in [6.07, 6.45) is 3.69. The van der Waals surface area contributed by atoms with E-state index in [4.69, 9.17) is 4.99 Å². The Bertz CT molecular complexity index is 597. The summed E-state index contributed by atoms with van der Waals surface area (Å²) < 4.78 is 1.17. The van der Waals surface area contributed by atoms with Crippen molar-refractivity contribution in [2.75, 3.05) is 44.7 Å². The summed E-state index contributed by atoms with van der Waals surface area (Å²) in [6, 6.07) is 9.49. The summed E-state index contributed by atoms with van der Waals surface area (Å²) in [5, 5.41) is 7.05. The van der Waals surface area contributed by atoms with Crippen molar-refractivity contribution in [2.24, 2.45) is 4.99 Å². The lowest BCUT2D eigenvalue weighted by atomic mass is 10.2. The van der Waals surface area contributed by atoms with Gasteiger partial charge in [0.2, 0.25) is 0 Å². The number of nitrogens with one attached hydrogen (secondary N) is 2. The summed E-state index contributed by atoms with van der Waals surface area (Å²) in [5.74, 6) is 0.960. The summed E-state index contributed by atoms with van der Waals surface area (Å²) in [6.45, 7) is 7.19. The largest absolute Gasteiger partial charge is 0.368 e. The molecule has 0 amide bonds. The minimum absolute atomic E-state index is 0. The van der Waals surface area contributed by atoms with Crippen molar-refractivity contribution in [1.29, 1.82) is 0 Å². The Morgan fingerprint density at radius 1 is 1.27 bits per heavy atom. The summed E-state index contributed by atoms with van der Waals surface area (Å²) >= 11 is 3.67. The van der Waals surface area contributed by atoms with Gasteiger partial charge in [-0.05, 0) is 67.8 Å². The average Bonchev–Trinajstić information content (AvgIpc) is 3.22. The molecule has 0 aromatic heterocycles. The first kappa shape index (κ1) is 21.8. The lowest BCUT2D eigenvalue weighted by Gasteiger charge is -2.22. The van der Waals surface area contributed by atoms with Gasteiger partial charge in [0.25, 0.3) is 0 Å². The fourth-order valence-corrected chi connectivity index (χ4v) is 4.26. The van der Waals surface area contributed by atoms with Crippen LogP contribution in [0.3, 0.4) is 0 Å². The maximum absolute atomic E-state index is 4.85. The predicted octanol–water partition coefficient (Wildman–Crippen LogP) is 3.30. The maximum atomic E-state index is 4.85. The minimum Gasteiger partial charge on any atom is -0.368 e. The first-order chi connectivity index (χ1) is 12.2. The normalized spacial score (nSPS) is 23.8. The van der Waals surface area contributed by atoms with Gasteiger partial charge in [-0.1, -0.05) is 12.1 Å².